The second kappa shape index (κ2) is 6.76. The van der Waals surface area contributed by atoms with Crippen LogP contribution in [0.5, 0.6) is 0 Å². The number of hydrogen-bond acceptors (Lipinski definition) is 4. The van der Waals surface area contributed by atoms with Crippen molar-refractivity contribution in [3.8, 4) is 0 Å². The van der Waals surface area contributed by atoms with Crippen molar-refractivity contribution in [3.63, 3.8) is 0 Å². The Labute approximate surface area is 146 Å². The standard InChI is InChI=1S/C16H18BrF2NO4/c1-4-5-6-24-15(23)20-9-7-8(18)11(17)12(19)10(9)13(21)14(22)16(20,2)3/h7,14,22H,4-6H2,1-3H3. The minimum atomic E-state index is -1.67. The number of anilines is 1. The molecule has 1 aliphatic rings. The molecule has 5 nitrogen and oxygen atoms in total. The molecule has 2 rings (SSSR count). The summed E-state index contributed by atoms with van der Waals surface area (Å²) in [6, 6.07) is 0.884. The number of nitrogens with zero attached hydrogens (tertiary/aromatic N) is 1. The molecule has 0 saturated heterocycles. The number of amides is 1. The van der Waals surface area contributed by atoms with Gasteiger partial charge in [-0.15, -0.1) is 0 Å². The molecule has 1 heterocycles. The van der Waals surface area contributed by atoms with Gasteiger partial charge in [0.05, 0.1) is 27.9 Å². The van der Waals surface area contributed by atoms with Crippen molar-refractivity contribution < 1.29 is 28.2 Å². The quantitative estimate of drug-likeness (QED) is 0.613. The van der Waals surface area contributed by atoms with Crippen LogP contribution in [0.2, 0.25) is 0 Å². The largest absolute Gasteiger partial charge is 0.449 e. The molecule has 1 atom stereocenters. The highest BCUT2D eigenvalue weighted by Gasteiger charge is 2.50. The predicted octanol–water partition coefficient (Wildman–Crippen LogP) is 3.81. The minimum Gasteiger partial charge on any atom is -0.449 e. The van der Waals surface area contributed by atoms with E-state index in [1.54, 1.807) is 0 Å². The van der Waals surface area contributed by atoms with Crippen LogP contribution in [0.25, 0.3) is 0 Å². The van der Waals surface area contributed by atoms with E-state index in [0.717, 1.165) is 17.4 Å². The average Bonchev–Trinajstić information content (AvgIpc) is 2.50. The molecule has 1 N–H and O–H groups in total. The zero-order chi connectivity index (χ0) is 18.2. The lowest BCUT2D eigenvalue weighted by molar-refractivity contribution is 0.0526. The van der Waals surface area contributed by atoms with Crippen LogP contribution in [0.15, 0.2) is 10.5 Å². The Morgan fingerprint density at radius 2 is 2.08 bits per heavy atom. The maximum atomic E-state index is 14.4. The van der Waals surface area contributed by atoms with E-state index < -0.39 is 45.2 Å². The Bertz CT molecular complexity index is 693. The van der Waals surface area contributed by atoms with E-state index in [1.807, 2.05) is 6.92 Å². The molecule has 24 heavy (non-hydrogen) atoms. The van der Waals surface area contributed by atoms with E-state index in [4.69, 9.17) is 4.74 Å². The van der Waals surface area contributed by atoms with Crippen LogP contribution in [-0.4, -0.2) is 35.2 Å². The third kappa shape index (κ3) is 2.93. The van der Waals surface area contributed by atoms with Gasteiger partial charge in [0.25, 0.3) is 0 Å². The van der Waals surface area contributed by atoms with Gasteiger partial charge in [0.15, 0.2) is 11.6 Å². The van der Waals surface area contributed by atoms with Crippen LogP contribution in [0.3, 0.4) is 0 Å². The molecule has 1 aliphatic heterocycles. The molecule has 1 amide bonds. The maximum Gasteiger partial charge on any atom is 0.414 e. The highest BCUT2D eigenvalue weighted by molar-refractivity contribution is 9.10. The van der Waals surface area contributed by atoms with Crippen molar-refractivity contribution >= 4 is 33.5 Å². The normalized spacial score (nSPS) is 19.2. The smallest absolute Gasteiger partial charge is 0.414 e. The molecule has 1 aromatic carbocycles. The number of fused-ring (bicyclic) bond motifs is 1. The van der Waals surface area contributed by atoms with Crippen molar-refractivity contribution in [1.29, 1.82) is 0 Å². The topological polar surface area (TPSA) is 66.8 Å². The molecule has 0 spiro atoms. The number of rotatable bonds is 3. The summed E-state index contributed by atoms with van der Waals surface area (Å²) in [5, 5.41) is 10.3. The van der Waals surface area contributed by atoms with Crippen molar-refractivity contribution in [2.45, 2.75) is 45.3 Å². The number of ketones is 1. The first-order valence-corrected chi connectivity index (χ1v) is 8.30. The summed E-state index contributed by atoms with van der Waals surface area (Å²) in [6.07, 6.45) is -1.12. The number of hydrogen-bond donors (Lipinski definition) is 1. The molecular weight excluding hydrogens is 388 g/mol. The van der Waals surface area contributed by atoms with E-state index in [1.165, 1.54) is 13.8 Å². The van der Waals surface area contributed by atoms with Crippen molar-refractivity contribution in [1.82, 2.24) is 0 Å². The van der Waals surface area contributed by atoms with Crippen LogP contribution in [0.1, 0.15) is 44.0 Å². The number of halogens is 3. The molecule has 1 aromatic rings. The minimum absolute atomic E-state index is 0.128. The molecule has 8 heteroatoms. The van der Waals surface area contributed by atoms with Gasteiger partial charge in [-0.1, -0.05) is 13.3 Å². The SMILES string of the molecule is CCCCOC(=O)N1c2cc(F)c(Br)c(F)c2C(=O)C(O)C1(C)C. The van der Waals surface area contributed by atoms with Gasteiger partial charge in [-0.25, -0.2) is 13.6 Å². The number of aliphatic hydroxyl groups is 1. The highest BCUT2D eigenvalue weighted by atomic mass is 79.9. The number of benzene rings is 1. The zero-order valence-corrected chi connectivity index (χ0v) is 15.1. The second-order valence-corrected chi connectivity index (χ2v) is 6.90. The van der Waals surface area contributed by atoms with Crippen molar-refractivity contribution in [3.05, 3.63) is 27.7 Å². The summed E-state index contributed by atoms with van der Waals surface area (Å²) in [7, 11) is 0. The number of carbonyl (C=O) groups excluding carboxylic acids is 2. The monoisotopic (exact) mass is 405 g/mol. The molecule has 0 saturated carbocycles. The molecule has 132 valence electrons. The molecule has 0 bridgehead atoms. The number of Topliss-reactive ketones (excluding diaryl/α,β-unsaturated/α-hetero) is 1. The van der Waals surface area contributed by atoms with E-state index in [0.29, 0.717) is 6.42 Å². The van der Waals surface area contributed by atoms with Crippen LogP contribution in [-0.2, 0) is 4.74 Å². The lowest BCUT2D eigenvalue weighted by Gasteiger charge is -2.44. The van der Waals surface area contributed by atoms with Gasteiger partial charge in [0.2, 0.25) is 0 Å². The third-order valence-electron chi connectivity index (χ3n) is 4.03. The Morgan fingerprint density at radius 3 is 2.67 bits per heavy atom. The summed E-state index contributed by atoms with van der Waals surface area (Å²) >= 11 is 2.72. The first-order chi connectivity index (χ1) is 11.1. The van der Waals surface area contributed by atoms with E-state index in [-0.39, 0.29) is 12.3 Å². The Balaban J connectivity index is 2.60. The van der Waals surface area contributed by atoms with Crippen molar-refractivity contribution in [2.75, 3.05) is 11.5 Å². The molecule has 0 radical (unpaired) electrons. The van der Waals surface area contributed by atoms with E-state index in [2.05, 4.69) is 15.9 Å². The highest BCUT2D eigenvalue weighted by Crippen LogP contribution is 2.41. The lowest BCUT2D eigenvalue weighted by atomic mass is 9.83. The maximum absolute atomic E-state index is 14.4. The van der Waals surface area contributed by atoms with Gasteiger partial charge in [-0.2, -0.15) is 0 Å². The van der Waals surface area contributed by atoms with Crippen LogP contribution < -0.4 is 4.90 Å². The number of unbranched alkanes of at least 4 members (excludes halogenated alkanes) is 1. The zero-order valence-electron chi connectivity index (χ0n) is 13.5. The fourth-order valence-corrected chi connectivity index (χ4v) is 2.90. The summed E-state index contributed by atoms with van der Waals surface area (Å²) < 4.78 is 32.9. The molecule has 0 aliphatic carbocycles. The van der Waals surface area contributed by atoms with Gasteiger partial charge < -0.3 is 9.84 Å². The lowest BCUT2D eigenvalue weighted by Crippen LogP contribution is -2.61. The number of aliphatic hydroxyl groups excluding tert-OH is 1. The second-order valence-electron chi connectivity index (χ2n) is 6.10. The van der Waals surface area contributed by atoms with Gasteiger partial charge in [-0.3, -0.25) is 9.69 Å². The van der Waals surface area contributed by atoms with Crippen LogP contribution >= 0.6 is 15.9 Å². The summed E-state index contributed by atoms with van der Waals surface area (Å²) in [4.78, 5) is 25.7. The van der Waals surface area contributed by atoms with Gasteiger partial charge >= 0.3 is 6.09 Å². The van der Waals surface area contributed by atoms with Crippen LogP contribution in [0, 0.1) is 11.6 Å². The van der Waals surface area contributed by atoms with E-state index in [9.17, 15) is 23.5 Å². The first kappa shape index (κ1) is 18.8. The fourth-order valence-electron chi connectivity index (χ4n) is 2.59. The number of ether oxygens (including phenoxy) is 1. The Hall–Kier alpha value is -1.54. The Kier molecular flexibility index (Phi) is 5.29. The summed E-state index contributed by atoms with van der Waals surface area (Å²) in [6.45, 7) is 4.90. The Morgan fingerprint density at radius 1 is 1.46 bits per heavy atom. The van der Waals surface area contributed by atoms with E-state index >= 15 is 0 Å². The van der Waals surface area contributed by atoms with Gasteiger partial charge in [0, 0.05) is 0 Å². The average molecular weight is 406 g/mol. The van der Waals surface area contributed by atoms with Gasteiger partial charge in [-0.05, 0) is 42.3 Å². The first-order valence-electron chi connectivity index (χ1n) is 7.51. The molecular formula is C16H18BrF2NO4. The predicted molar refractivity (Wildman–Crippen MR) is 87.2 cm³/mol. The summed E-state index contributed by atoms with van der Waals surface area (Å²) in [5.74, 6) is -3.03. The number of carbonyl (C=O) groups is 2. The van der Waals surface area contributed by atoms with Crippen LogP contribution in [0.4, 0.5) is 19.3 Å². The summed E-state index contributed by atoms with van der Waals surface area (Å²) in [5.41, 5.74) is -2.21. The van der Waals surface area contributed by atoms with Crippen molar-refractivity contribution in [2.24, 2.45) is 0 Å². The molecule has 0 fully saturated rings. The fraction of sp³-hybridized carbons (Fsp3) is 0.500. The van der Waals surface area contributed by atoms with Gasteiger partial charge in [0.1, 0.15) is 11.9 Å². The molecule has 0 aromatic heterocycles. The molecule has 1 unspecified atom stereocenters. The third-order valence-corrected chi connectivity index (χ3v) is 4.76.